The Kier molecular flexibility index (Phi) is 3.30. The summed E-state index contributed by atoms with van der Waals surface area (Å²) in [5, 5.41) is 28.9. The van der Waals surface area contributed by atoms with Crippen molar-refractivity contribution in [2.24, 2.45) is 0 Å². The first-order valence-corrected chi connectivity index (χ1v) is 5.39. The molecule has 0 saturated carbocycles. The largest absolute Gasteiger partial charge is 0.392 e. The van der Waals surface area contributed by atoms with E-state index in [1.165, 1.54) is 0 Å². The van der Waals surface area contributed by atoms with E-state index in [0.717, 1.165) is 16.8 Å². The summed E-state index contributed by atoms with van der Waals surface area (Å²) in [5.41, 5.74) is -3.23. The summed E-state index contributed by atoms with van der Waals surface area (Å²) in [4.78, 5) is 24.5. The molecule has 1 aliphatic heterocycles. The lowest BCUT2D eigenvalue weighted by Gasteiger charge is -2.23. The number of hydrogen-bond donors (Lipinski definition) is 4. The summed E-state index contributed by atoms with van der Waals surface area (Å²) < 4.78 is 6.11. The Balaban J connectivity index is 2.46. The van der Waals surface area contributed by atoms with Crippen LogP contribution in [-0.2, 0) is 4.74 Å². The van der Waals surface area contributed by atoms with E-state index >= 15 is 0 Å². The highest BCUT2D eigenvalue weighted by Crippen LogP contribution is 2.35. The predicted molar refractivity (Wildman–Crippen MR) is 62.1 cm³/mol. The predicted octanol–water partition coefficient (Wildman–Crippen LogP) is -2.85. The number of nitrogens with zero attached hydrogens (tertiary/aromatic N) is 1. The number of rotatable bonds is 2. The lowest BCUT2D eigenvalue weighted by atomic mass is 9.97. The van der Waals surface area contributed by atoms with Crippen LogP contribution in [-0.4, -0.2) is 49.3 Å². The van der Waals surface area contributed by atoms with Gasteiger partial charge in [-0.05, 0) is 0 Å². The number of hydrogen-bond acceptors (Lipinski definition) is 6. The van der Waals surface area contributed by atoms with Crippen LogP contribution >= 0.6 is 0 Å². The minimum Gasteiger partial charge on any atom is -0.392 e. The Morgan fingerprint density at radius 2 is 2.21 bits per heavy atom. The van der Waals surface area contributed by atoms with Crippen molar-refractivity contribution >= 4 is 0 Å². The molecule has 19 heavy (non-hydrogen) atoms. The molecule has 102 valence electrons. The third kappa shape index (κ3) is 1.98. The number of terminal acetylenes is 1. The van der Waals surface area contributed by atoms with E-state index in [1.807, 2.05) is 4.98 Å². The number of aromatic nitrogens is 2. The van der Waals surface area contributed by atoms with Gasteiger partial charge in [0.2, 0.25) is 0 Å². The van der Waals surface area contributed by atoms with Gasteiger partial charge in [-0.1, -0.05) is 5.92 Å². The molecule has 0 aromatic carbocycles. The molecular formula is C11H12N2O6. The first kappa shape index (κ1) is 13.5. The summed E-state index contributed by atoms with van der Waals surface area (Å²) in [6.45, 7) is -0.726. The van der Waals surface area contributed by atoms with Gasteiger partial charge in [-0.15, -0.1) is 6.42 Å². The molecule has 1 fully saturated rings. The number of ether oxygens (including phenoxy) is 1. The summed E-state index contributed by atoms with van der Waals surface area (Å²) in [7, 11) is 0. The smallest absolute Gasteiger partial charge is 0.330 e. The second kappa shape index (κ2) is 4.64. The zero-order chi connectivity index (χ0) is 14.2. The van der Waals surface area contributed by atoms with Crippen LogP contribution in [0.25, 0.3) is 0 Å². The van der Waals surface area contributed by atoms with E-state index in [1.54, 1.807) is 0 Å². The van der Waals surface area contributed by atoms with Crippen molar-refractivity contribution in [2.75, 3.05) is 6.61 Å². The molecule has 0 radical (unpaired) electrons. The van der Waals surface area contributed by atoms with Crippen LogP contribution < -0.4 is 11.2 Å². The van der Waals surface area contributed by atoms with Crippen molar-refractivity contribution in [3.05, 3.63) is 33.1 Å². The van der Waals surface area contributed by atoms with Gasteiger partial charge in [-0.3, -0.25) is 14.3 Å². The molecule has 1 aromatic rings. The van der Waals surface area contributed by atoms with Crippen molar-refractivity contribution in [1.29, 1.82) is 0 Å². The van der Waals surface area contributed by atoms with Gasteiger partial charge in [-0.25, -0.2) is 4.79 Å². The molecule has 8 heteroatoms. The number of aromatic amines is 1. The molecular weight excluding hydrogens is 256 g/mol. The van der Waals surface area contributed by atoms with Crippen LogP contribution in [0.4, 0.5) is 0 Å². The Morgan fingerprint density at radius 3 is 2.68 bits per heavy atom. The van der Waals surface area contributed by atoms with Crippen LogP contribution in [0.3, 0.4) is 0 Å². The second-order valence-electron chi connectivity index (χ2n) is 4.15. The van der Waals surface area contributed by atoms with E-state index in [9.17, 15) is 24.9 Å². The minimum atomic E-state index is -1.79. The fourth-order valence-corrected chi connectivity index (χ4v) is 1.93. The maximum absolute atomic E-state index is 11.6. The molecule has 1 aromatic heterocycles. The van der Waals surface area contributed by atoms with Gasteiger partial charge < -0.3 is 20.1 Å². The van der Waals surface area contributed by atoms with Gasteiger partial charge in [0.05, 0.1) is 6.61 Å². The second-order valence-corrected chi connectivity index (χ2v) is 4.15. The molecule has 8 nitrogen and oxygen atoms in total. The van der Waals surface area contributed by atoms with Gasteiger partial charge >= 0.3 is 5.69 Å². The molecule has 1 aliphatic rings. The lowest BCUT2D eigenvalue weighted by molar-refractivity contribution is -0.0936. The zero-order valence-electron chi connectivity index (χ0n) is 9.68. The lowest BCUT2D eigenvalue weighted by Crippen LogP contribution is -2.45. The maximum atomic E-state index is 11.6. The quantitative estimate of drug-likeness (QED) is 0.428. The van der Waals surface area contributed by atoms with Crippen molar-refractivity contribution < 1.29 is 20.1 Å². The highest BCUT2D eigenvalue weighted by molar-refractivity contribution is 5.18. The molecule has 0 aliphatic carbocycles. The standard InChI is InChI=1S/C11H12N2O6/c1-2-11(5-14)8(17)7(16)9(19-11)13-4-3-6(15)12-10(13)18/h1,3-4,7-9,14,16-17H,5H2,(H,12,15,18)/t7-,8+,9?,11-/m1/s1. The SMILES string of the molecule is C#C[C@]1(CO)OC(n2ccc(=O)[nH]c2=O)[C@H](O)[C@@H]1O. The van der Waals surface area contributed by atoms with Crippen LogP contribution in [0.15, 0.2) is 21.9 Å². The van der Waals surface area contributed by atoms with Crippen molar-refractivity contribution in [2.45, 2.75) is 24.0 Å². The summed E-state index contributed by atoms with van der Waals surface area (Å²) in [6, 6.07) is 1.05. The van der Waals surface area contributed by atoms with Crippen LogP contribution in [0.5, 0.6) is 0 Å². The van der Waals surface area contributed by atoms with Gasteiger partial charge in [0.25, 0.3) is 5.56 Å². The number of H-pyrrole nitrogens is 1. The van der Waals surface area contributed by atoms with Crippen LogP contribution in [0.2, 0.25) is 0 Å². The highest BCUT2D eigenvalue weighted by Gasteiger charge is 2.54. The molecule has 2 rings (SSSR count). The monoisotopic (exact) mass is 268 g/mol. The summed E-state index contributed by atoms with van der Waals surface area (Å²) in [5.74, 6) is 2.07. The molecule has 0 amide bonds. The Labute approximate surface area is 106 Å². The maximum Gasteiger partial charge on any atom is 0.330 e. The summed E-state index contributed by atoms with van der Waals surface area (Å²) in [6.07, 6.45) is 1.90. The molecule has 0 bridgehead atoms. The Morgan fingerprint density at radius 1 is 1.53 bits per heavy atom. The van der Waals surface area contributed by atoms with Gasteiger partial charge in [0.15, 0.2) is 11.8 Å². The fourth-order valence-electron chi connectivity index (χ4n) is 1.93. The number of nitrogens with one attached hydrogen (secondary N) is 1. The molecule has 4 N–H and O–H groups in total. The zero-order valence-corrected chi connectivity index (χ0v) is 9.68. The summed E-state index contributed by atoms with van der Waals surface area (Å²) >= 11 is 0. The number of aliphatic hydroxyl groups excluding tert-OH is 3. The van der Waals surface area contributed by atoms with Gasteiger partial charge in [0, 0.05) is 12.3 Å². The van der Waals surface area contributed by atoms with E-state index < -0.39 is 41.9 Å². The van der Waals surface area contributed by atoms with Gasteiger partial charge in [-0.2, -0.15) is 0 Å². The normalized spacial score (nSPS) is 34.1. The van der Waals surface area contributed by atoms with E-state index in [0.29, 0.717) is 0 Å². The highest BCUT2D eigenvalue weighted by atomic mass is 16.6. The van der Waals surface area contributed by atoms with E-state index in [-0.39, 0.29) is 0 Å². The van der Waals surface area contributed by atoms with E-state index in [4.69, 9.17) is 11.2 Å². The first-order chi connectivity index (χ1) is 8.95. The van der Waals surface area contributed by atoms with Gasteiger partial charge in [0.1, 0.15) is 12.2 Å². The first-order valence-electron chi connectivity index (χ1n) is 5.39. The third-order valence-electron chi connectivity index (χ3n) is 3.03. The molecule has 2 heterocycles. The van der Waals surface area contributed by atoms with Crippen LogP contribution in [0.1, 0.15) is 6.23 Å². The molecule has 4 atom stereocenters. The Hall–Kier alpha value is -1.92. The third-order valence-corrected chi connectivity index (χ3v) is 3.03. The van der Waals surface area contributed by atoms with Crippen molar-refractivity contribution in [3.63, 3.8) is 0 Å². The Bertz CT molecular complexity index is 629. The average molecular weight is 268 g/mol. The fraction of sp³-hybridized carbons (Fsp3) is 0.455. The average Bonchev–Trinajstić information content (AvgIpc) is 2.64. The van der Waals surface area contributed by atoms with Crippen molar-refractivity contribution in [1.82, 2.24) is 9.55 Å². The minimum absolute atomic E-state index is 0.611. The molecule has 1 unspecified atom stereocenters. The molecule has 1 saturated heterocycles. The topological polar surface area (TPSA) is 125 Å². The van der Waals surface area contributed by atoms with Crippen LogP contribution in [0, 0.1) is 12.3 Å². The molecule has 0 spiro atoms. The number of aliphatic hydroxyl groups is 3. The van der Waals surface area contributed by atoms with Crippen molar-refractivity contribution in [3.8, 4) is 12.3 Å². The van der Waals surface area contributed by atoms with E-state index in [2.05, 4.69) is 5.92 Å².